The molecule has 0 spiro atoms. The maximum absolute atomic E-state index is 12.6. The molecule has 0 aromatic heterocycles. The molecule has 0 amide bonds. The number of nitrogens with one attached hydrogen (secondary N) is 1. The molecule has 5 nitrogen and oxygen atoms in total. The van der Waals surface area contributed by atoms with Crippen LogP contribution in [0.3, 0.4) is 0 Å². The summed E-state index contributed by atoms with van der Waals surface area (Å²) < 4.78 is 38.0. The molecule has 1 saturated heterocycles. The summed E-state index contributed by atoms with van der Waals surface area (Å²) in [6.45, 7) is 1.64. The normalized spacial score (nSPS) is 21.2. The van der Waals surface area contributed by atoms with Gasteiger partial charge in [0.15, 0.2) is 0 Å². The fraction of sp³-hybridized carbons (Fsp3) is 0.538. The lowest BCUT2D eigenvalue weighted by atomic mass is 10.0. The van der Waals surface area contributed by atoms with Gasteiger partial charge in [-0.3, -0.25) is 4.21 Å². The Hall–Kier alpha value is -0.920. The molecule has 0 atom stereocenters. The van der Waals surface area contributed by atoms with Crippen LogP contribution in [0.15, 0.2) is 23.1 Å². The molecule has 0 aliphatic carbocycles. The molecule has 20 heavy (non-hydrogen) atoms. The number of aryl methyl sites for hydroxylation is 1. The molecule has 1 aromatic carbocycles. The third kappa shape index (κ3) is 2.62. The van der Waals surface area contributed by atoms with E-state index in [9.17, 15) is 12.6 Å². The second-order valence-corrected chi connectivity index (χ2v) is 8.74. The Morgan fingerprint density at radius 2 is 1.95 bits per heavy atom. The number of nitrogens with zero attached hydrogens (tertiary/aromatic N) is 1. The van der Waals surface area contributed by atoms with E-state index in [4.69, 9.17) is 0 Å². The SMILES string of the molecule is O=S1CCN(S(=O)(=O)c2ccc3c(c2)CCCN3)CC1. The van der Waals surface area contributed by atoms with E-state index in [2.05, 4.69) is 5.32 Å². The van der Waals surface area contributed by atoms with Crippen LogP contribution in [0, 0.1) is 0 Å². The summed E-state index contributed by atoms with van der Waals surface area (Å²) in [6, 6.07) is 5.30. The summed E-state index contributed by atoms with van der Waals surface area (Å²) in [4.78, 5) is 0.354. The predicted octanol–water partition coefficient (Wildman–Crippen LogP) is 0.798. The lowest BCUT2D eigenvalue weighted by Gasteiger charge is -2.26. The van der Waals surface area contributed by atoms with E-state index in [1.807, 2.05) is 6.07 Å². The van der Waals surface area contributed by atoms with Crippen molar-refractivity contribution in [3.63, 3.8) is 0 Å². The summed E-state index contributed by atoms with van der Waals surface area (Å²) >= 11 is 0. The van der Waals surface area contributed by atoms with Crippen molar-refractivity contribution < 1.29 is 12.6 Å². The summed E-state index contributed by atoms with van der Waals surface area (Å²) in [7, 11) is -4.32. The number of benzene rings is 1. The van der Waals surface area contributed by atoms with E-state index in [1.165, 1.54) is 4.31 Å². The molecule has 2 aliphatic heterocycles. The third-order valence-corrected chi connectivity index (χ3v) is 6.96. The Balaban J connectivity index is 1.89. The lowest BCUT2D eigenvalue weighted by Crippen LogP contribution is -2.41. The van der Waals surface area contributed by atoms with Crippen LogP contribution in [-0.2, 0) is 27.2 Å². The Labute approximate surface area is 121 Å². The Morgan fingerprint density at radius 3 is 2.70 bits per heavy atom. The van der Waals surface area contributed by atoms with Gasteiger partial charge in [-0.25, -0.2) is 8.42 Å². The predicted molar refractivity (Wildman–Crippen MR) is 79.9 cm³/mol. The van der Waals surface area contributed by atoms with E-state index in [0.717, 1.165) is 30.6 Å². The highest BCUT2D eigenvalue weighted by atomic mass is 32.2. The van der Waals surface area contributed by atoms with Gasteiger partial charge in [0.1, 0.15) is 0 Å². The van der Waals surface area contributed by atoms with Crippen LogP contribution in [0.5, 0.6) is 0 Å². The molecule has 7 heteroatoms. The molecule has 2 aliphatic rings. The molecule has 0 bridgehead atoms. The zero-order valence-corrected chi connectivity index (χ0v) is 12.8. The zero-order chi connectivity index (χ0) is 14.2. The standard InChI is InChI=1S/C13H18N2O3S2/c16-19-8-6-15(7-9-19)20(17,18)12-3-4-13-11(10-12)2-1-5-14-13/h3-4,10,14H,1-2,5-9H2. The van der Waals surface area contributed by atoms with E-state index in [0.29, 0.717) is 29.5 Å². The Kier molecular flexibility index (Phi) is 3.83. The van der Waals surface area contributed by atoms with Crippen LogP contribution >= 0.6 is 0 Å². The summed E-state index contributed by atoms with van der Waals surface area (Å²) in [6.07, 6.45) is 1.94. The molecule has 2 heterocycles. The minimum absolute atomic E-state index is 0.351. The minimum Gasteiger partial charge on any atom is -0.385 e. The fourth-order valence-electron chi connectivity index (χ4n) is 2.62. The molecule has 0 unspecified atom stereocenters. The van der Waals surface area contributed by atoms with Crippen molar-refractivity contribution in [1.82, 2.24) is 4.31 Å². The highest BCUT2D eigenvalue weighted by Crippen LogP contribution is 2.26. The summed E-state index contributed by atoms with van der Waals surface area (Å²) in [5.41, 5.74) is 2.10. The van der Waals surface area contributed by atoms with Crippen LogP contribution in [0.4, 0.5) is 5.69 Å². The quantitative estimate of drug-likeness (QED) is 0.877. The van der Waals surface area contributed by atoms with Gasteiger partial charge in [0.05, 0.1) is 4.90 Å². The van der Waals surface area contributed by atoms with Gasteiger partial charge in [0, 0.05) is 47.6 Å². The average Bonchev–Trinajstić information content (AvgIpc) is 2.47. The number of hydrogen-bond donors (Lipinski definition) is 1. The van der Waals surface area contributed by atoms with Crippen molar-refractivity contribution in [1.29, 1.82) is 0 Å². The van der Waals surface area contributed by atoms with Crippen molar-refractivity contribution in [2.24, 2.45) is 0 Å². The maximum Gasteiger partial charge on any atom is 0.243 e. The first kappa shape index (κ1) is 14.0. The first-order chi connectivity index (χ1) is 9.57. The second-order valence-electron chi connectivity index (χ2n) is 5.10. The van der Waals surface area contributed by atoms with Gasteiger partial charge in [0.25, 0.3) is 0 Å². The van der Waals surface area contributed by atoms with Crippen molar-refractivity contribution in [3.05, 3.63) is 23.8 Å². The summed E-state index contributed by atoms with van der Waals surface area (Å²) in [5, 5.41) is 3.28. The third-order valence-electron chi connectivity index (χ3n) is 3.79. The number of rotatable bonds is 2. The van der Waals surface area contributed by atoms with Crippen molar-refractivity contribution >= 4 is 26.5 Å². The molecule has 1 fully saturated rings. The van der Waals surface area contributed by atoms with Crippen LogP contribution < -0.4 is 5.32 Å². The first-order valence-electron chi connectivity index (χ1n) is 6.79. The van der Waals surface area contributed by atoms with Crippen LogP contribution in [0.2, 0.25) is 0 Å². The molecular weight excluding hydrogens is 296 g/mol. The second kappa shape index (κ2) is 5.46. The van der Waals surface area contributed by atoms with Crippen LogP contribution in [0.1, 0.15) is 12.0 Å². The number of sulfonamides is 1. The highest BCUT2D eigenvalue weighted by Gasteiger charge is 2.28. The molecule has 0 saturated carbocycles. The van der Waals surface area contributed by atoms with Gasteiger partial charge < -0.3 is 5.32 Å². The fourth-order valence-corrected chi connectivity index (χ4v) is 5.40. The average molecular weight is 314 g/mol. The highest BCUT2D eigenvalue weighted by molar-refractivity contribution is 7.89. The van der Waals surface area contributed by atoms with Gasteiger partial charge in [-0.05, 0) is 36.6 Å². The molecular formula is C13H18N2O3S2. The van der Waals surface area contributed by atoms with Gasteiger partial charge in [0.2, 0.25) is 10.0 Å². The summed E-state index contributed by atoms with van der Waals surface area (Å²) in [5.74, 6) is 0.872. The number of fused-ring (bicyclic) bond motifs is 1. The van der Waals surface area contributed by atoms with Crippen molar-refractivity contribution in [2.45, 2.75) is 17.7 Å². The minimum atomic E-state index is -3.45. The van der Waals surface area contributed by atoms with Crippen LogP contribution in [-0.4, -0.2) is 48.1 Å². The van der Waals surface area contributed by atoms with E-state index in [-0.39, 0.29) is 0 Å². The van der Waals surface area contributed by atoms with Crippen molar-refractivity contribution in [2.75, 3.05) is 36.5 Å². The molecule has 110 valence electrons. The molecule has 0 radical (unpaired) electrons. The van der Waals surface area contributed by atoms with Crippen LogP contribution in [0.25, 0.3) is 0 Å². The lowest BCUT2D eigenvalue weighted by molar-refractivity contribution is 0.438. The number of anilines is 1. The smallest absolute Gasteiger partial charge is 0.243 e. The topological polar surface area (TPSA) is 66.5 Å². The van der Waals surface area contributed by atoms with Gasteiger partial charge in [-0.15, -0.1) is 0 Å². The van der Waals surface area contributed by atoms with E-state index >= 15 is 0 Å². The maximum atomic E-state index is 12.6. The van der Waals surface area contributed by atoms with Gasteiger partial charge in [-0.2, -0.15) is 4.31 Å². The largest absolute Gasteiger partial charge is 0.385 e. The van der Waals surface area contributed by atoms with Gasteiger partial charge >= 0.3 is 0 Å². The monoisotopic (exact) mass is 314 g/mol. The zero-order valence-electron chi connectivity index (χ0n) is 11.2. The first-order valence-corrected chi connectivity index (χ1v) is 9.72. The van der Waals surface area contributed by atoms with E-state index < -0.39 is 20.8 Å². The van der Waals surface area contributed by atoms with Gasteiger partial charge in [-0.1, -0.05) is 0 Å². The Morgan fingerprint density at radius 1 is 1.20 bits per heavy atom. The van der Waals surface area contributed by atoms with E-state index in [1.54, 1.807) is 12.1 Å². The molecule has 3 rings (SSSR count). The Bertz CT molecular complexity index is 633. The molecule has 1 N–H and O–H groups in total. The molecule has 1 aromatic rings. The number of hydrogen-bond acceptors (Lipinski definition) is 4. The van der Waals surface area contributed by atoms with Crippen molar-refractivity contribution in [3.8, 4) is 0 Å².